The summed E-state index contributed by atoms with van der Waals surface area (Å²) >= 11 is 0. The van der Waals surface area contributed by atoms with E-state index in [1.54, 1.807) is 0 Å². The van der Waals surface area contributed by atoms with E-state index in [-0.39, 0.29) is 0 Å². The molecule has 0 radical (unpaired) electrons. The molecule has 0 fully saturated rings. The third-order valence-electron chi connectivity index (χ3n) is 4.18. The Kier molecular flexibility index (Phi) is 19.7. The van der Waals surface area contributed by atoms with E-state index >= 15 is 0 Å². The molecule has 24 heavy (non-hydrogen) atoms. The molecule has 0 saturated carbocycles. The zero-order valence-corrected chi connectivity index (χ0v) is 16.8. The summed E-state index contributed by atoms with van der Waals surface area (Å²) < 4.78 is 1.12. The molecule has 0 aliphatic heterocycles. The van der Waals surface area contributed by atoms with Gasteiger partial charge in [0.25, 0.3) is 0 Å². The highest BCUT2D eigenvalue weighted by Crippen LogP contribution is 2.13. The van der Waals surface area contributed by atoms with E-state index in [1.807, 2.05) is 0 Å². The maximum Gasteiger partial charge on any atom is 0.249 e. The van der Waals surface area contributed by atoms with E-state index in [2.05, 4.69) is 28.1 Å². The molecule has 4 nitrogen and oxygen atoms in total. The van der Waals surface area contributed by atoms with Gasteiger partial charge in [-0.05, 0) is 12.8 Å². The Morgan fingerprint density at radius 3 is 1.21 bits per heavy atom. The monoisotopic (exact) mass is 345 g/mol. The lowest BCUT2D eigenvalue weighted by Crippen LogP contribution is -2.35. The molecule has 0 rings (SSSR count). The molecule has 0 atom stereocenters. The fourth-order valence-corrected chi connectivity index (χ4v) is 2.78. The van der Waals surface area contributed by atoms with Gasteiger partial charge >= 0.3 is 0 Å². The van der Waals surface area contributed by atoms with Crippen molar-refractivity contribution in [3.05, 3.63) is 0 Å². The highest BCUT2D eigenvalue weighted by atomic mass is 16.6. The molecule has 4 heteroatoms. The SMILES string of the molecule is CCCCCCCCCCCCCCCC[N+](C)(C)C.O=C([O-])O. The van der Waals surface area contributed by atoms with Crippen LogP contribution in [0.25, 0.3) is 0 Å². The van der Waals surface area contributed by atoms with Gasteiger partial charge in [0.2, 0.25) is 6.16 Å². The maximum absolute atomic E-state index is 8.44. The molecule has 146 valence electrons. The molecular weight excluding hydrogens is 302 g/mol. The minimum absolute atomic E-state index is 1.12. The van der Waals surface area contributed by atoms with Crippen LogP contribution in [0, 0.1) is 0 Å². The van der Waals surface area contributed by atoms with Crippen LogP contribution in [0.3, 0.4) is 0 Å². The van der Waals surface area contributed by atoms with Crippen molar-refractivity contribution < 1.29 is 19.5 Å². The second-order valence-corrected chi connectivity index (χ2v) is 7.88. The molecule has 0 unspecified atom stereocenters. The molecule has 0 bridgehead atoms. The van der Waals surface area contributed by atoms with Crippen molar-refractivity contribution in [2.75, 3.05) is 27.7 Å². The van der Waals surface area contributed by atoms with Gasteiger partial charge in [0, 0.05) is 0 Å². The average Bonchev–Trinajstić information content (AvgIpc) is 2.46. The van der Waals surface area contributed by atoms with Crippen LogP contribution in [0.15, 0.2) is 0 Å². The Balaban J connectivity index is 0. The van der Waals surface area contributed by atoms with Gasteiger partial charge in [0.05, 0.1) is 27.7 Å². The van der Waals surface area contributed by atoms with Crippen LogP contribution in [0.4, 0.5) is 4.79 Å². The number of carboxylic acid groups (broad SMARTS) is 2. The quantitative estimate of drug-likeness (QED) is 0.333. The Hall–Kier alpha value is -0.770. The largest absolute Gasteiger partial charge is 0.565 e. The standard InChI is InChI=1S/C19H42N.CH2O3/c1-5-6-7-8-9-10-11-12-13-14-15-16-17-18-19-20(2,3)4;2-1(3)4/h5-19H2,1-4H3;(H2,2,3,4)/q+1;/p-1. The van der Waals surface area contributed by atoms with E-state index in [1.165, 1.54) is 96.4 Å². The number of quaternary nitrogens is 1. The van der Waals surface area contributed by atoms with Gasteiger partial charge in [0.1, 0.15) is 0 Å². The van der Waals surface area contributed by atoms with Gasteiger partial charge < -0.3 is 19.5 Å². The van der Waals surface area contributed by atoms with Crippen LogP contribution in [0.2, 0.25) is 0 Å². The average molecular weight is 346 g/mol. The lowest BCUT2D eigenvalue weighted by atomic mass is 10.0. The Bertz CT molecular complexity index is 258. The number of hydrogen-bond acceptors (Lipinski definition) is 2. The predicted octanol–water partition coefficient (Wildman–Crippen LogP) is 5.06. The normalized spacial score (nSPS) is 11.0. The summed E-state index contributed by atoms with van der Waals surface area (Å²) in [6, 6.07) is 0. The molecule has 0 aromatic carbocycles. The molecule has 0 spiro atoms. The molecule has 0 aliphatic rings. The van der Waals surface area contributed by atoms with E-state index in [0.717, 1.165) is 4.48 Å². The third kappa shape index (κ3) is 33.0. The first-order valence-electron chi connectivity index (χ1n) is 10.00. The molecule has 0 saturated heterocycles. The number of carbonyl (C=O) groups is 1. The van der Waals surface area contributed by atoms with Crippen molar-refractivity contribution in [3.8, 4) is 0 Å². The summed E-state index contributed by atoms with van der Waals surface area (Å²) in [6.07, 6.45) is 18.3. The maximum atomic E-state index is 8.44. The summed E-state index contributed by atoms with van der Waals surface area (Å²) in [5, 5.41) is 15.3. The van der Waals surface area contributed by atoms with Gasteiger partial charge in [-0.1, -0.05) is 84.0 Å². The lowest BCUT2D eigenvalue weighted by molar-refractivity contribution is -0.870. The van der Waals surface area contributed by atoms with Gasteiger partial charge in [-0.25, -0.2) is 0 Å². The number of unbranched alkanes of at least 4 members (excludes halogenated alkanes) is 13. The van der Waals surface area contributed by atoms with Crippen molar-refractivity contribution in [3.63, 3.8) is 0 Å². The van der Waals surface area contributed by atoms with Gasteiger partial charge in [0.15, 0.2) is 0 Å². The number of nitrogens with zero attached hydrogens (tertiary/aromatic N) is 1. The van der Waals surface area contributed by atoms with Gasteiger partial charge in [-0.15, -0.1) is 0 Å². The molecular formula is C20H43NO3. The predicted molar refractivity (Wildman–Crippen MR) is 101 cm³/mol. The van der Waals surface area contributed by atoms with Crippen molar-refractivity contribution in [1.82, 2.24) is 0 Å². The zero-order chi connectivity index (χ0) is 18.7. The van der Waals surface area contributed by atoms with Gasteiger partial charge in [-0.2, -0.15) is 0 Å². The fourth-order valence-electron chi connectivity index (χ4n) is 2.78. The van der Waals surface area contributed by atoms with Crippen LogP contribution >= 0.6 is 0 Å². The zero-order valence-electron chi connectivity index (χ0n) is 16.8. The highest BCUT2D eigenvalue weighted by Gasteiger charge is 2.04. The van der Waals surface area contributed by atoms with Crippen molar-refractivity contribution in [2.24, 2.45) is 0 Å². The Morgan fingerprint density at radius 1 is 0.708 bits per heavy atom. The first-order chi connectivity index (χ1) is 11.3. The topological polar surface area (TPSA) is 60.4 Å². The molecule has 0 aromatic heterocycles. The van der Waals surface area contributed by atoms with Crippen molar-refractivity contribution in [1.29, 1.82) is 0 Å². The summed E-state index contributed by atoms with van der Waals surface area (Å²) in [5.74, 6) is 0. The van der Waals surface area contributed by atoms with Crippen LogP contribution < -0.4 is 5.11 Å². The molecule has 0 aromatic rings. The summed E-state index contributed by atoms with van der Waals surface area (Å²) in [5.41, 5.74) is 0. The van der Waals surface area contributed by atoms with Gasteiger partial charge in [-0.3, -0.25) is 0 Å². The van der Waals surface area contributed by atoms with Crippen LogP contribution in [-0.4, -0.2) is 43.4 Å². The summed E-state index contributed by atoms with van der Waals surface area (Å²) in [6.45, 7) is 3.63. The van der Waals surface area contributed by atoms with Crippen molar-refractivity contribution >= 4 is 6.16 Å². The van der Waals surface area contributed by atoms with E-state index in [0.29, 0.717) is 0 Å². The van der Waals surface area contributed by atoms with Crippen LogP contribution in [0.1, 0.15) is 96.8 Å². The second kappa shape index (κ2) is 18.6. The van der Waals surface area contributed by atoms with E-state index < -0.39 is 6.16 Å². The minimum atomic E-state index is -2.08. The highest BCUT2D eigenvalue weighted by molar-refractivity contribution is 5.50. The number of hydrogen-bond donors (Lipinski definition) is 1. The Labute approximate surface area is 150 Å². The van der Waals surface area contributed by atoms with Crippen molar-refractivity contribution in [2.45, 2.75) is 96.8 Å². The van der Waals surface area contributed by atoms with Crippen LogP contribution in [-0.2, 0) is 0 Å². The minimum Gasteiger partial charge on any atom is -0.565 e. The lowest BCUT2D eigenvalue weighted by Gasteiger charge is -2.23. The van der Waals surface area contributed by atoms with E-state index in [4.69, 9.17) is 15.0 Å². The summed E-state index contributed by atoms with van der Waals surface area (Å²) in [7, 11) is 6.88. The first-order valence-corrected chi connectivity index (χ1v) is 10.00. The molecule has 0 aliphatic carbocycles. The fraction of sp³-hybridized carbons (Fsp3) is 0.950. The smallest absolute Gasteiger partial charge is 0.249 e. The van der Waals surface area contributed by atoms with Crippen LogP contribution in [0.5, 0.6) is 0 Å². The molecule has 0 heterocycles. The first kappa shape index (κ1) is 25.5. The van der Waals surface area contributed by atoms with E-state index in [9.17, 15) is 0 Å². The number of rotatable bonds is 15. The summed E-state index contributed by atoms with van der Waals surface area (Å²) in [4.78, 5) is 8.44. The third-order valence-corrected chi connectivity index (χ3v) is 4.18. The Morgan fingerprint density at radius 2 is 0.958 bits per heavy atom. The second-order valence-electron chi connectivity index (χ2n) is 7.88. The molecule has 1 N–H and O–H groups in total. The molecule has 0 amide bonds.